The summed E-state index contributed by atoms with van der Waals surface area (Å²) in [5, 5.41) is 20.5. The average Bonchev–Trinajstić information content (AvgIpc) is 1.87. The van der Waals surface area contributed by atoms with Crippen molar-refractivity contribution in [3.63, 3.8) is 0 Å². The van der Waals surface area contributed by atoms with E-state index in [0.717, 1.165) is 0 Å². The van der Waals surface area contributed by atoms with E-state index in [-0.39, 0.29) is 24.7 Å². The monoisotopic (exact) mass is 161 g/mol. The second kappa shape index (κ2) is 4.70. The van der Waals surface area contributed by atoms with Gasteiger partial charge >= 0.3 is 0 Å². The van der Waals surface area contributed by atoms with E-state index >= 15 is 0 Å². The van der Waals surface area contributed by atoms with Crippen LogP contribution in [-0.2, 0) is 0 Å². The van der Waals surface area contributed by atoms with Crippen molar-refractivity contribution in [1.82, 2.24) is 5.32 Å². The maximum Gasteiger partial charge on any atom is 0.0589 e. The minimum atomic E-state index is 0.0456. The molecule has 3 heteroatoms. The molecule has 0 heterocycles. The Hall–Kier alpha value is -0.120. The first-order valence-electron chi connectivity index (χ1n) is 3.97. The zero-order valence-electron chi connectivity index (χ0n) is 7.59. The summed E-state index contributed by atoms with van der Waals surface area (Å²) < 4.78 is 0. The first-order chi connectivity index (χ1) is 5.02. The van der Waals surface area contributed by atoms with E-state index in [1.165, 1.54) is 0 Å². The van der Waals surface area contributed by atoms with Crippen LogP contribution in [0.5, 0.6) is 0 Å². The summed E-state index contributed by atoms with van der Waals surface area (Å²) >= 11 is 0. The van der Waals surface area contributed by atoms with Gasteiger partial charge in [0.05, 0.1) is 13.2 Å². The Morgan fingerprint density at radius 1 is 1.27 bits per heavy atom. The van der Waals surface area contributed by atoms with Crippen LogP contribution in [0.3, 0.4) is 0 Å². The van der Waals surface area contributed by atoms with Crippen molar-refractivity contribution in [2.45, 2.75) is 26.8 Å². The van der Waals surface area contributed by atoms with Gasteiger partial charge in [0.25, 0.3) is 0 Å². The molecule has 0 aromatic heterocycles. The van der Waals surface area contributed by atoms with Gasteiger partial charge in [-0.1, -0.05) is 20.8 Å². The van der Waals surface area contributed by atoms with E-state index in [0.29, 0.717) is 6.54 Å². The van der Waals surface area contributed by atoms with Crippen LogP contribution < -0.4 is 5.32 Å². The first kappa shape index (κ1) is 10.9. The zero-order chi connectivity index (χ0) is 8.91. The molecular formula is C8H19NO2. The van der Waals surface area contributed by atoms with Crippen molar-refractivity contribution in [3.8, 4) is 0 Å². The standard InChI is InChI=1S/C8H19NO2/c1-8(2,3)7(6-11)9-4-5-10/h7,9-11H,4-6H2,1-3H3. The smallest absolute Gasteiger partial charge is 0.0589 e. The van der Waals surface area contributed by atoms with Crippen LogP contribution in [0.4, 0.5) is 0 Å². The molecule has 3 nitrogen and oxygen atoms in total. The highest BCUT2D eigenvalue weighted by molar-refractivity contribution is 4.79. The van der Waals surface area contributed by atoms with Crippen LogP contribution in [0.25, 0.3) is 0 Å². The third-order valence-electron chi connectivity index (χ3n) is 1.73. The summed E-state index contributed by atoms with van der Waals surface area (Å²) in [5.74, 6) is 0. The Balaban J connectivity index is 3.76. The van der Waals surface area contributed by atoms with E-state index in [2.05, 4.69) is 26.1 Å². The molecule has 0 amide bonds. The molecule has 0 aromatic carbocycles. The normalized spacial score (nSPS) is 15.0. The summed E-state index contributed by atoms with van der Waals surface area (Å²) in [6.45, 7) is 6.94. The molecule has 68 valence electrons. The molecule has 0 spiro atoms. The van der Waals surface area contributed by atoms with Crippen molar-refractivity contribution in [2.24, 2.45) is 5.41 Å². The van der Waals surface area contributed by atoms with Gasteiger partial charge in [0, 0.05) is 12.6 Å². The molecule has 1 unspecified atom stereocenters. The molecule has 1 atom stereocenters. The van der Waals surface area contributed by atoms with Crippen LogP contribution in [0.1, 0.15) is 20.8 Å². The third-order valence-corrected chi connectivity index (χ3v) is 1.73. The molecule has 11 heavy (non-hydrogen) atoms. The molecule has 0 radical (unpaired) electrons. The van der Waals surface area contributed by atoms with E-state index in [1.807, 2.05) is 0 Å². The predicted octanol–water partition coefficient (Wildman–Crippen LogP) is -0.0247. The summed E-state index contributed by atoms with van der Waals surface area (Å²) in [7, 11) is 0. The Bertz CT molecular complexity index is 98.8. The van der Waals surface area contributed by atoms with Crippen molar-refractivity contribution >= 4 is 0 Å². The van der Waals surface area contributed by atoms with Crippen LogP contribution in [0.2, 0.25) is 0 Å². The minimum Gasteiger partial charge on any atom is -0.395 e. The van der Waals surface area contributed by atoms with Gasteiger partial charge in [-0.15, -0.1) is 0 Å². The van der Waals surface area contributed by atoms with Crippen LogP contribution in [-0.4, -0.2) is 36.0 Å². The van der Waals surface area contributed by atoms with Crippen molar-refractivity contribution in [2.75, 3.05) is 19.8 Å². The van der Waals surface area contributed by atoms with Crippen molar-refractivity contribution < 1.29 is 10.2 Å². The maximum absolute atomic E-state index is 8.94. The van der Waals surface area contributed by atoms with E-state index in [4.69, 9.17) is 10.2 Å². The second-order valence-electron chi connectivity index (χ2n) is 3.78. The number of aliphatic hydroxyl groups is 2. The third kappa shape index (κ3) is 4.35. The van der Waals surface area contributed by atoms with Crippen molar-refractivity contribution in [1.29, 1.82) is 0 Å². The van der Waals surface area contributed by atoms with Gasteiger partial charge in [0.2, 0.25) is 0 Å². The first-order valence-corrected chi connectivity index (χ1v) is 3.97. The highest BCUT2D eigenvalue weighted by atomic mass is 16.3. The largest absolute Gasteiger partial charge is 0.395 e. The number of rotatable bonds is 4. The molecule has 0 aromatic rings. The maximum atomic E-state index is 8.94. The zero-order valence-corrected chi connectivity index (χ0v) is 7.59. The topological polar surface area (TPSA) is 52.5 Å². The molecule has 0 saturated carbocycles. The molecule has 0 bridgehead atoms. The van der Waals surface area contributed by atoms with Gasteiger partial charge in [-0.05, 0) is 5.41 Å². The summed E-state index contributed by atoms with van der Waals surface area (Å²) in [6, 6.07) is 0.0645. The fourth-order valence-corrected chi connectivity index (χ4v) is 0.883. The summed E-state index contributed by atoms with van der Waals surface area (Å²) in [6.07, 6.45) is 0. The quantitative estimate of drug-likeness (QED) is 0.543. The van der Waals surface area contributed by atoms with Crippen LogP contribution in [0.15, 0.2) is 0 Å². The minimum absolute atomic E-state index is 0.0456. The second-order valence-corrected chi connectivity index (χ2v) is 3.78. The van der Waals surface area contributed by atoms with E-state index in [1.54, 1.807) is 0 Å². The van der Waals surface area contributed by atoms with Gasteiger partial charge < -0.3 is 15.5 Å². The fraction of sp³-hybridized carbons (Fsp3) is 1.00. The highest BCUT2D eigenvalue weighted by Crippen LogP contribution is 2.18. The van der Waals surface area contributed by atoms with Crippen molar-refractivity contribution in [3.05, 3.63) is 0 Å². The molecule has 0 saturated heterocycles. The van der Waals surface area contributed by atoms with E-state index < -0.39 is 0 Å². The van der Waals surface area contributed by atoms with Gasteiger partial charge in [0.15, 0.2) is 0 Å². The fourth-order valence-electron chi connectivity index (χ4n) is 0.883. The Morgan fingerprint density at radius 3 is 2.09 bits per heavy atom. The summed E-state index contributed by atoms with van der Waals surface area (Å²) in [4.78, 5) is 0. The highest BCUT2D eigenvalue weighted by Gasteiger charge is 2.22. The van der Waals surface area contributed by atoms with E-state index in [9.17, 15) is 0 Å². The SMILES string of the molecule is CC(C)(C)C(CO)NCCO. The lowest BCUT2D eigenvalue weighted by Crippen LogP contribution is -2.44. The molecule has 0 fully saturated rings. The lowest BCUT2D eigenvalue weighted by Gasteiger charge is -2.29. The molecule has 0 aliphatic heterocycles. The van der Waals surface area contributed by atoms with Gasteiger partial charge in [-0.2, -0.15) is 0 Å². The Labute approximate surface area is 68.4 Å². The lowest BCUT2D eigenvalue weighted by molar-refractivity contribution is 0.151. The number of hydrogen-bond donors (Lipinski definition) is 3. The van der Waals surface area contributed by atoms with Crippen LogP contribution >= 0.6 is 0 Å². The van der Waals surface area contributed by atoms with Gasteiger partial charge in [-0.3, -0.25) is 0 Å². The van der Waals surface area contributed by atoms with Gasteiger partial charge in [-0.25, -0.2) is 0 Å². The Kier molecular flexibility index (Phi) is 4.65. The Morgan fingerprint density at radius 2 is 1.82 bits per heavy atom. The molecule has 0 aliphatic rings. The molecule has 3 N–H and O–H groups in total. The van der Waals surface area contributed by atoms with Crippen LogP contribution in [0, 0.1) is 5.41 Å². The average molecular weight is 161 g/mol. The number of nitrogens with one attached hydrogen (secondary N) is 1. The molecule has 0 rings (SSSR count). The molecular weight excluding hydrogens is 142 g/mol. The number of aliphatic hydroxyl groups excluding tert-OH is 2. The summed E-state index contributed by atoms with van der Waals surface area (Å²) in [5.41, 5.74) is 0.0456. The lowest BCUT2D eigenvalue weighted by atomic mass is 9.87. The number of hydrogen-bond acceptors (Lipinski definition) is 3. The molecule has 0 aliphatic carbocycles. The predicted molar refractivity (Wildman–Crippen MR) is 45.4 cm³/mol. The van der Waals surface area contributed by atoms with Gasteiger partial charge in [0.1, 0.15) is 0 Å².